The molecular formula is C15H14NO2+. The van der Waals surface area contributed by atoms with Crippen LogP contribution >= 0.6 is 0 Å². The minimum absolute atomic E-state index is 0.0446. The number of carbonyl (C=O) groups is 2. The van der Waals surface area contributed by atoms with Gasteiger partial charge in [-0.15, -0.1) is 4.57 Å². The number of carbonyl (C=O) groups excluding carboxylic acids is 2. The van der Waals surface area contributed by atoms with Crippen LogP contribution in [0.5, 0.6) is 0 Å². The van der Waals surface area contributed by atoms with Gasteiger partial charge in [0, 0.05) is 6.07 Å². The van der Waals surface area contributed by atoms with Gasteiger partial charge in [0.05, 0.1) is 12.0 Å². The number of nitrogens with zero attached hydrogens (tertiary/aromatic N) is 1. The molecule has 1 aromatic heterocycles. The fourth-order valence-corrected chi connectivity index (χ4v) is 1.70. The van der Waals surface area contributed by atoms with Crippen molar-refractivity contribution in [3.63, 3.8) is 0 Å². The maximum absolute atomic E-state index is 12.0. The van der Waals surface area contributed by atoms with Crippen molar-refractivity contribution in [2.75, 3.05) is 0 Å². The van der Waals surface area contributed by atoms with E-state index in [0.29, 0.717) is 12.0 Å². The molecule has 3 nitrogen and oxygen atoms in total. The Morgan fingerprint density at radius 3 is 2.44 bits per heavy atom. The summed E-state index contributed by atoms with van der Waals surface area (Å²) in [6.45, 7) is 1.49. The Morgan fingerprint density at radius 1 is 1.06 bits per heavy atom. The summed E-state index contributed by atoms with van der Waals surface area (Å²) in [6, 6.07) is 12.9. The van der Waals surface area contributed by atoms with Crippen LogP contribution in [0.4, 0.5) is 0 Å². The summed E-state index contributed by atoms with van der Waals surface area (Å²) in [5.74, 6) is -0.0961. The molecule has 0 spiro atoms. The first-order valence-corrected chi connectivity index (χ1v) is 5.76. The van der Waals surface area contributed by atoms with Crippen LogP contribution in [0.25, 0.3) is 0 Å². The third kappa shape index (κ3) is 2.88. The van der Waals surface area contributed by atoms with E-state index in [1.807, 2.05) is 30.3 Å². The van der Waals surface area contributed by atoms with Gasteiger partial charge in [0.25, 0.3) is 0 Å². The lowest BCUT2D eigenvalue weighted by Gasteiger charge is -1.97. The van der Waals surface area contributed by atoms with Gasteiger partial charge < -0.3 is 0 Å². The summed E-state index contributed by atoms with van der Waals surface area (Å²) in [5.41, 5.74) is 1.50. The topological polar surface area (TPSA) is 38.0 Å². The molecule has 0 bridgehead atoms. The maximum Gasteiger partial charge on any atom is 0.396 e. The largest absolute Gasteiger partial charge is 0.396 e. The van der Waals surface area contributed by atoms with E-state index in [1.54, 1.807) is 24.5 Å². The van der Waals surface area contributed by atoms with E-state index in [-0.39, 0.29) is 11.7 Å². The van der Waals surface area contributed by atoms with E-state index >= 15 is 0 Å². The van der Waals surface area contributed by atoms with Gasteiger partial charge in [-0.05, 0) is 18.6 Å². The highest BCUT2D eigenvalue weighted by Crippen LogP contribution is 2.00. The van der Waals surface area contributed by atoms with E-state index in [9.17, 15) is 9.59 Å². The minimum Gasteiger partial charge on any atom is -0.294 e. The van der Waals surface area contributed by atoms with Gasteiger partial charge in [-0.25, -0.2) is 4.79 Å². The summed E-state index contributed by atoms with van der Waals surface area (Å²) < 4.78 is 1.46. The number of ketones is 1. The lowest BCUT2D eigenvalue weighted by Crippen LogP contribution is -2.43. The lowest BCUT2D eigenvalue weighted by atomic mass is 10.1. The Hall–Kier alpha value is -2.29. The van der Waals surface area contributed by atoms with Crippen LogP contribution in [0.2, 0.25) is 0 Å². The molecule has 1 heterocycles. The first-order chi connectivity index (χ1) is 8.66. The summed E-state index contributed by atoms with van der Waals surface area (Å²) in [4.78, 5) is 23.3. The third-order valence-electron chi connectivity index (χ3n) is 2.69. The molecule has 2 rings (SSSR count). The molecule has 18 heavy (non-hydrogen) atoms. The van der Waals surface area contributed by atoms with Crippen molar-refractivity contribution >= 4 is 11.7 Å². The van der Waals surface area contributed by atoms with Crippen LogP contribution in [-0.4, -0.2) is 11.7 Å². The van der Waals surface area contributed by atoms with E-state index < -0.39 is 0 Å². The molecule has 0 aliphatic rings. The van der Waals surface area contributed by atoms with Crippen LogP contribution in [0.15, 0.2) is 54.9 Å². The Balaban J connectivity index is 2.19. The summed E-state index contributed by atoms with van der Waals surface area (Å²) >= 11 is 0. The lowest BCUT2D eigenvalue weighted by molar-refractivity contribution is -0.574. The summed E-state index contributed by atoms with van der Waals surface area (Å²) in [6.07, 6.45) is 3.57. The van der Waals surface area contributed by atoms with E-state index in [2.05, 4.69) is 0 Å². The highest BCUT2D eigenvalue weighted by Gasteiger charge is 2.16. The number of pyridine rings is 1. The minimum atomic E-state index is -0.0516. The average Bonchev–Trinajstić information content (AvgIpc) is 2.40. The highest BCUT2D eigenvalue weighted by molar-refractivity contribution is 5.93. The standard InChI is InChI=1S/C15H14NO2/c1-12(17)14-8-5-9-16(11-14)15(18)10-13-6-3-2-4-7-13/h2-9,11H,10H2,1H3/q+1. The number of Topliss-reactive ketones (excluding diaryl/α,β-unsaturated/α-hetero) is 1. The molecule has 90 valence electrons. The highest BCUT2D eigenvalue weighted by atomic mass is 16.2. The number of benzene rings is 1. The van der Waals surface area contributed by atoms with Crippen molar-refractivity contribution in [2.24, 2.45) is 0 Å². The van der Waals surface area contributed by atoms with Gasteiger partial charge in [0.15, 0.2) is 18.2 Å². The zero-order valence-electron chi connectivity index (χ0n) is 10.2. The van der Waals surface area contributed by atoms with Crippen molar-refractivity contribution in [1.29, 1.82) is 0 Å². The quantitative estimate of drug-likeness (QED) is 0.608. The first-order valence-electron chi connectivity index (χ1n) is 5.76. The van der Waals surface area contributed by atoms with Gasteiger partial charge in [-0.1, -0.05) is 30.3 Å². The molecule has 0 N–H and O–H groups in total. The van der Waals surface area contributed by atoms with Crippen molar-refractivity contribution in [3.8, 4) is 0 Å². The zero-order chi connectivity index (χ0) is 13.0. The molecule has 0 fully saturated rings. The fraction of sp³-hybridized carbons (Fsp3) is 0.133. The second-order valence-corrected chi connectivity index (χ2v) is 4.11. The summed E-state index contributed by atoms with van der Waals surface area (Å²) in [7, 11) is 0. The Labute approximate surface area is 106 Å². The second-order valence-electron chi connectivity index (χ2n) is 4.11. The van der Waals surface area contributed by atoms with Gasteiger partial charge >= 0.3 is 5.91 Å². The monoisotopic (exact) mass is 240 g/mol. The average molecular weight is 240 g/mol. The zero-order valence-corrected chi connectivity index (χ0v) is 10.2. The number of hydrogen-bond acceptors (Lipinski definition) is 2. The molecule has 0 aliphatic carbocycles. The van der Waals surface area contributed by atoms with Crippen molar-refractivity contribution in [1.82, 2.24) is 0 Å². The van der Waals surface area contributed by atoms with Crippen LogP contribution in [0.1, 0.15) is 27.6 Å². The van der Waals surface area contributed by atoms with Gasteiger partial charge in [0.2, 0.25) is 0 Å². The number of hydrogen-bond donors (Lipinski definition) is 0. The van der Waals surface area contributed by atoms with E-state index in [1.165, 1.54) is 11.5 Å². The molecule has 0 radical (unpaired) electrons. The molecule has 0 aliphatic heterocycles. The fourth-order valence-electron chi connectivity index (χ4n) is 1.70. The smallest absolute Gasteiger partial charge is 0.294 e. The molecule has 3 heteroatoms. The molecule has 2 aromatic rings. The SMILES string of the molecule is CC(=O)c1ccc[n+](C(=O)Cc2ccccc2)c1. The maximum atomic E-state index is 12.0. The van der Waals surface area contributed by atoms with Crippen molar-refractivity contribution in [2.45, 2.75) is 13.3 Å². The second kappa shape index (κ2) is 5.36. The van der Waals surface area contributed by atoms with Crippen LogP contribution < -0.4 is 4.57 Å². The van der Waals surface area contributed by atoms with Crippen LogP contribution in [0, 0.1) is 0 Å². The normalized spacial score (nSPS) is 10.1. The number of aromatic nitrogens is 1. The predicted molar refractivity (Wildman–Crippen MR) is 67.4 cm³/mol. The van der Waals surface area contributed by atoms with Gasteiger partial charge in [0.1, 0.15) is 0 Å². The Kier molecular flexibility index (Phi) is 3.63. The van der Waals surface area contributed by atoms with Gasteiger partial charge in [-0.2, -0.15) is 0 Å². The Bertz CT molecular complexity index is 576. The summed E-state index contributed by atoms with van der Waals surface area (Å²) in [5, 5.41) is 0. The molecule has 0 saturated heterocycles. The Morgan fingerprint density at radius 2 is 1.78 bits per heavy atom. The molecule has 0 saturated carbocycles. The van der Waals surface area contributed by atoms with Crippen molar-refractivity contribution < 1.29 is 14.2 Å². The van der Waals surface area contributed by atoms with Crippen molar-refractivity contribution in [3.05, 3.63) is 66.0 Å². The van der Waals surface area contributed by atoms with Gasteiger partial charge in [-0.3, -0.25) is 4.79 Å². The molecule has 0 amide bonds. The predicted octanol–water partition coefficient (Wildman–Crippen LogP) is 2.06. The number of rotatable bonds is 3. The molecule has 0 unspecified atom stereocenters. The molecule has 1 aromatic carbocycles. The first kappa shape index (κ1) is 12.2. The molecular weight excluding hydrogens is 226 g/mol. The third-order valence-corrected chi connectivity index (χ3v) is 2.69. The van der Waals surface area contributed by atoms with E-state index in [0.717, 1.165) is 5.56 Å². The van der Waals surface area contributed by atoms with E-state index in [4.69, 9.17) is 0 Å². The van der Waals surface area contributed by atoms with Crippen LogP contribution in [0.3, 0.4) is 0 Å². The van der Waals surface area contributed by atoms with Crippen LogP contribution in [-0.2, 0) is 6.42 Å². The molecule has 0 atom stereocenters.